The average molecular weight is 425 g/mol. The lowest BCUT2D eigenvalue weighted by molar-refractivity contribution is -0.120. The molecule has 1 aromatic heterocycles. The summed E-state index contributed by atoms with van der Waals surface area (Å²) in [6.07, 6.45) is 3.41. The van der Waals surface area contributed by atoms with Crippen LogP contribution < -0.4 is 15.1 Å². The number of nitrogens with zero attached hydrogens (tertiary/aromatic N) is 4. The normalized spacial score (nSPS) is 17.7. The lowest BCUT2D eigenvalue weighted by Gasteiger charge is -2.37. The van der Waals surface area contributed by atoms with Gasteiger partial charge in [0.25, 0.3) is 0 Å². The molecule has 4 amide bonds. The van der Waals surface area contributed by atoms with Crippen LogP contribution in [0, 0.1) is 0 Å². The first-order chi connectivity index (χ1) is 14.7. The summed E-state index contributed by atoms with van der Waals surface area (Å²) in [5.74, 6) is -0.266. The molecule has 0 spiro atoms. The number of carbonyl (C=O) groups is 3. The summed E-state index contributed by atoms with van der Waals surface area (Å²) >= 11 is 0. The molecule has 2 aliphatic heterocycles. The first-order valence-corrected chi connectivity index (χ1v) is 10.4. The van der Waals surface area contributed by atoms with Gasteiger partial charge in [-0.1, -0.05) is 12.1 Å². The summed E-state index contributed by atoms with van der Waals surface area (Å²) in [7, 11) is 0. The largest absolute Gasteiger partial charge is 0.444 e. The molecular weight excluding hydrogens is 398 g/mol. The fraction of sp³-hybridized carbons (Fsp3) is 0.455. The molecule has 0 aliphatic carbocycles. The Kier molecular flexibility index (Phi) is 5.43. The van der Waals surface area contributed by atoms with Crippen LogP contribution in [0.5, 0.6) is 0 Å². The van der Waals surface area contributed by atoms with Crippen molar-refractivity contribution >= 4 is 40.2 Å². The van der Waals surface area contributed by atoms with Gasteiger partial charge < -0.3 is 14.5 Å². The van der Waals surface area contributed by atoms with E-state index in [0.29, 0.717) is 38.4 Å². The number of hydrogen-bond donors (Lipinski definition) is 1. The van der Waals surface area contributed by atoms with Crippen molar-refractivity contribution in [3.63, 3.8) is 0 Å². The summed E-state index contributed by atoms with van der Waals surface area (Å²) in [5.41, 5.74) is 1.16. The number of imide groups is 1. The third-order valence-electron chi connectivity index (χ3n) is 5.38. The molecule has 3 heterocycles. The van der Waals surface area contributed by atoms with Gasteiger partial charge in [-0.05, 0) is 26.8 Å². The van der Waals surface area contributed by atoms with Crippen molar-refractivity contribution in [3.8, 4) is 0 Å². The van der Waals surface area contributed by atoms with Gasteiger partial charge in [0.05, 0.1) is 11.9 Å². The van der Waals surface area contributed by atoms with Crippen LogP contribution >= 0.6 is 0 Å². The topological polar surface area (TPSA) is 95.1 Å². The SMILES string of the molecule is CC(C)(C)OC(=O)N1CCN(c2cccc3c(N4CCC(=O)NC4=O)cncc23)CC1. The Morgan fingerprint density at radius 2 is 1.74 bits per heavy atom. The standard InChI is InChI=1S/C22H27N5O4/c1-22(2,3)31-21(30)26-11-9-25(10-12-26)17-6-4-5-15-16(17)13-23-14-18(15)27-8-7-19(28)24-20(27)29/h4-6,13-14H,7-12H2,1-3H3,(H,24,28,29). The Morgan fingerprint density at radius 3 is 2.42 bits per heavy atom. The molecule has 2 fully saturated rings. The number of rotatable bonds is 2. The number of ether oxygens (including phenoxy) is 1. The van der Waals surface area contributed by atoms with E-state index in [4.69, 9.17) is 4.74 Å². The molecule has 1 N–H and O–H groups in total. The highest BCUT2D eigenvalue weighted by molar-refractivity contribution is 6.11. The second-order valence-corrected chi connectivity index (χ2v) is 8.74. The average Bonchev–Trinajstić information content (AvgIpc) is 2.72. The van der Waals surface area contributed by atoms with Crippen LogP contribution in [0.3, 0.4) is 0 Å². The molecule has 164 valence electrons. The Labute approximate surface area is 180 Å². The zero-order valence-corrected chi connectivity index (χ0v) is 18.1. The summed E-state index contributed by atoms with van der Waals surface area (Å²) in [6, 6.07) is 5.50. The van der Waals surface area contributed by atoms with E-state index in [2.05, 4.69) is 15.2 Å². The second kappa shape index (κ2) is 8.05. The summed E-state index contributed by atoms with van der Waals surface area (Å²) in [6.45, 7) is 8.37. The van der Waals surface area contributed by atoms with Crippen LogP contribution in [0.1, 0.15) is 27.2 Å². The molecule has 2 aliphatic rings. The lowest BCUT2D eigenvalue weighted by atomic mass is 10.1. The van der Waals surface area contributed by atoms with Gasteiger partial charge in [0, 0.05) is 61.8 Å². The van der Waals surface area contributed by atoms with Gasteiger partial charge in [-0.25, -0.2) is 9.59 Å². The van der Waals surface area contributed by atoms with E-state index >= 15 is 0 Å². The molecule has 31 heavy (non-hydrogen) atoms. The Bertz CT molecular complexity index is 1020. The molecule has 0 saturated carbocycles. The van der Waals surface area contributed by atoms with Gasteiger partial charge in [-0.3, -0.25) is 20.0 Å². The highest BCUT2D eigenvalue weighted by atomic mass is 16.6. The van der Waals surface area contributed by atoms with Gasteiger partial charge in [0.15, 0.2) is 0 Å². The zero-order chi connectivity index (χ0) is 22.2. The van der Waals surface area contributed by atoms with E-state index in [0.717, 1.165) is 16.5 Å². The minimum absolute atomic E-state index is 0.258. The minimum atomic E-state index is -0.517. The Morgan fingerprint density at radius 1 is 1.00 bits per heavy atom. The zero-order valence-electron chi connectivity index (χ0n) is 18.1. The number of urea groups is 1. The number of amides is 4. The predicted molar refractivity (Wildman–Crippen MR) is 117 cm³/mol. The van der Waals surface area contributed by atoms with Crippen molar-refractivity contribution in [2.24, 2.45) is 0 Å². The molecule has 4 rings (SSSR count). The van der Waals surface area contributed by atoms with Crippen LogP contribution in [0.4, 0.5) is 21.0 Å². The summed E-state index contributed by atoms with van der Waals surface area (Å²) < 4.78 is 5.48. The van der Waals surface area contributed by atoms with Crippen molar-refractivity contribution in [2.45, 2.75) is 32.8 Å². The number of anilines is 2. The molecule has 9 nitrogen and oxygen atoms in total. The number of aromatic nitrogens is 1. The lowest BCUT2D eigenvalue weighted by Crippen LogP contribution is -2.50. The van der Waals surface area contributed by atoms with Crippen LogP contribution in [0.15, 0.2) is 30.6 Å². The molecule has 9 heteroatoms. The second-order valence-electron chi connectivity index (χ2n) is 8.74. The van der Waals surface area contributed by atoms with Gasteiger partial charge in [-0.15, -0.1) is 0 Å². The van der Waals surface area contributed by atoms with E-state index in [1.807, 2.05) is 39.0 Å². The van der Waals surface area contributed by atoms with Gasteiger partial charge in [0.2, 0.25) is 5.91 Å². The van der Waals surface area contributed by atoms with Crippen molar-refractivity contribution in [1.82, 2.24) is 15.2 Å². The maximum atomic E-state index is 12.4. The number of fused-ring (bicyclic) bond motifs is 1. The highest BCUT2D eigenvalue weighted by Gasteiger charge is 2.28. The van der Waals surface area contributed by atoms with Crippen molar-refractivity contribution in [3.05, 3.63) is 30.6 Å². The van der Waals surface area contributed by atoms with E-state index in [9.17, 15) is 14.4 Å². The van der Waals surface area contributed by atoms with E-state index in [1.54, 1.807) is 22.2 Å². The fourth-order valence-corrected chi connectivity index (χ4v) is 3.91. The molecule has 0 bridgehead atoms. The Hall–Kier alpha value is -3.36. The highest BCUT2D eigenvalue weighted by Crippen LogP contribution is 2.33. The number of hydrogen-bond acceptors (Lipinski definition) is 6. The maximum Gasteiger partial charge on any atom is 0.410 e. The molecule has 1 aromatic carbocycles. The number of nitrogens with one attached hydrogen (secondary N) is 1. The summed E-state index contributed by atoms with van der Waals surface area (Å²) in [4.78, 5) is 46.1. The predicted octanol–water partition coefficient (Wildman–Crippen LogP) is 2.74. The van der Waals surface area contributed by atoms with Crippen LogP contribution in [-0.2, 0) is 9.53 Å². The number of piperazine rings is 1. The van der Waals surface area contributed by atoms with E-state index in [-0.39, 0.29) is 18.4 Å². The molecular formula is C22H27N5O4. The molecule has 2 aromatic rings. The smallest absolute Gasteiger partial charge is 0.410 e. The first kappa shape index (κ1) is 20.9. The van der Waals surface area contributed by atoms with Crippen molar-refractivity contribution in [1.29, 1.82) is 0 Å². The quantitative estimate of drug-likeness (QED) is 0.795. The molecule has 2 saturated heterocycles. The number of pyridine rings is 1. The van der Waals surface area contributed by atoms with Crippen molar-refractivity contribution in [2.75, 3.05) is 42.5 Å². The summed E-state index contributed by atoms with van der Waals surface area (Å²) in [5, 5.41) is 4.18. The number of benzene rings is 1. The van der Waals surface area contributed by atoms with E-state index < -0.39 is 11.6 Å². The molecule has 0 unspecified atom stereocenters. The van der Waals surface area contributed by atoms with E-state index in [1.165, 1.54) is 0 Å². The third kappa shape index (κ3) is 4.40. The van der Waals surface area contributed by atoms with Gasteiger partial charge in [-0.2, -0.15) is 0 Å². The van der Waals surface area contributed by atoms with Gasteiger partial charge >= 0.3 is 12.1 Å². The maximum absolute atomic E-state index is 12.4. The third-order valence-corrected chi connectivity index (χ3v) is 5.38. The number of carbonyl (C=O) groups excluding carboxylic acids is 3. The fourth-order valence-electron chi connectivity index (χ4n) is 3.91. The Balaban J connectivity index is 1.55. The molecule has 0 atom stereocenters. The van der Waals surface area contributed by atoms with Crippen LogP contribution in [-0.4, -0.2) is 66.2 Å². The van der Waals surface area contributed by atoms with Crippen LogP contribution in [0.25, 0.3) is 10.8 Å². The monoisotopic (exact) mass is 425 g/mol. The van der Waals surface area contributed by atoms with Crippen molar-refractivity contribution < 1.29 is 19.1 Å². The van der Waals surface area contributed by atoms with Crippen LogP contribution in [0.2, 0.25) is 0 Å². The minimum Gasteiger partial charge on any atom is -0.444 e. The van der Waals surface area contributed by atoms with Gasteiger partial charge in [0.1, 0.15) is 5.60 Å². The molecule has 0 radical (unpaired) electrons. The first-order valence-electron chi connectivity index (χ1n) is 10.4.